The molecule has 1 aliphatic heterocycles. The minimum Gasteiger partial charge on any atom is -0.342 e. The van der Waals surface area contributed by atoms with Crippen LogP contribution in [-0.4, -0.2) is 34.8 Å². The second-order valence-corrected chi connectivity index (χ2v) is 5.13. The van der Waals surface area contributed by atoms with Crippen LogP contribution in [0.2, 0.25) is 0 Å². The molecule has 2 aliphatic rings. The molecule has 2 rings (SSSR count). The van der Waals surface area contributed by atoms with Crippen molar-refractivity contribution in [1.82, 2.24) is 10.2 Å². The SMILES string of the molecule is CCC1C(=O)NC(C(C)C)C(=O)N1C1CC1. The van der Waals surface area contributed by atoms with Gasteiger partial charge in [-0.1, -0.05) is 20.8 Å². The van der Waals surface area contributed by atoms with E-state index in [1.165, 1.54) is 0 Å². The Kier molecular flexibility index (Phi) is 2.91. The van der Waals surface area contributed by atoms with E-state index in [0.717, 1.165) is 12.8 Å². The van der Waals surface area contributed by atoms with Gasteiger partial charge >= 0.3 is 0 Å². The minimum atomic E-state index is -0.323. The molecule has 0 bridgehead atoms. The maximum absolute atomic E-state index is 12.3. The number of carbonyl (C=O) groups excluding carboxylic acids is 2. The molecule has 2 amide bonds. The Morgan fingerprint density at radius 1 is 1.38 bits per heavy atom. The predicted octanol–water partition coefficient (Wildman–Crippen LogP) is 0.910. The molecule has 1 saturated carbocycles. The average Bonchev–Trinajstić information content (AvgIpc) is 3.03. The van der Waals surface area contributed by atoms with Gasteiger partial charge in [-0.25, -0.2) is 0 Å². The van der Waals surface area contributed by atoms with Crippen molar-refractivity contribution in [2.75, 3.05) is 0 Å². The molecule has 2 fully saturated rings. The summed E-state index contributed by atoms with van der Waals surface area (Å²) in [6, 6.07) is -0.240. The third-order valence-electron chi connectivity index (χ3n) is 3.45. The summed E-state index contributed by atoms with van der Waals surface area (Å²) in [6.07, 6.45) is 2.82. The Morgan fingerprint density at radius 2 is 2.00 bits per heavy atom. The molecule has 16 heavy (non-hydrogen) atoms. The number of amides is 2. The maximum Gasteiger partial charge on any atom is 0.246 e. The molecule has 1 aliphatic carbocycles. The van der Waals surface area contributed by atoms with Crippen molar-refractivity contribution in [3.8, 4) is 0 Å². The lowest BCUT2D eigenvalue weighted by Crippen LogP contribution is -2.65. The van der Waals surface area contributed by atoms with E-state index in [0.29, 0.717) is 12.5 Å². The number of hydrogen-bond acceptors (Lipinski definition) is 2. The Hall–Kier alpha value is -1.06. The molecular weight excluding hydrogens is 204 g/mol. The van der Waals surface area contributed by atoms with Crippen molar-refractivity contribution in [2.24, 2.45) is 5.92 Å². The monoisotopic (exact) mass is 224 g/mol. The van der Waals surface area contributed by atoms with Crippen molar-refractivity contribution in [1.29, 1.82) is 0 Å². The van der Waals surface area contributed by atoms with Crippen LogP contribution < -0.4 is 5.32 Å². The van der Waals surface area contributed by atoms with E-state index in [4.69, 9.17) is 0 Å². The average molecular weight is 224 g/mol. The molecule has 1 saturated heterocycles. The fraction of sp³-hybridized carbons (Fsp3) is 0.833. The summed E-state index contributed by atoms with van der Waals surface area (Å²) >= 11 is 0. The lowest BCUT2D eigenvalue weighted by Gasteiger charge is -2.40. The fourth-order valence-electron chi connectivity index (χ4n) is 2.37. The van der Waals surface area contributed by atoms with Crippen LogP contribution in [0.1, 0.15) is 40.0 Å². The standard InChI is InChI=1S/C12H20N2O2/c1-4-9-11(15)13-10(7(2)3)12(16)14(9)8-5-6-8/h7-10H,4-6H2,1-3H3,(H,13,15). The van der Waals surface area contributed by atoms with Crippen LogP contribution in [0, 0.1) is 5.92 Å². The Morgan fingerprint density at radius 3 is 2.44 bits per heavy atom. The molecule has 1 N–H and O–H groups in total. The smallest absolute Gasteiger partial charge is 0.246 e. The Balaban J connectivity index is 2.22. The lowest BCUT2D eigenvalue weighted by atomic mass is 9.97. The van der Waals surface area contributed by atoms with Gasteiger partial charge in [-0.15, -0.1) is 0 Å². The van der Waals surface area contributed by atoms with Crippen LogP contribution in [0.5, 0.6) is 0 Å². The number of hydrogen-bond donors (Lipinski definition) is 1. The first-order chi connectivity index (χ1) is 7.56. The molecule has 0 aromatic rings. The minimum absolute atomic E-state index is 0.0210. The maximum atomic E-state index is 12.3. The molecule has 0 spiro atoms. The van der Waals surface area contributed by atoms with Gasteiger partial charge in [0.15, 0.2) is 0 Å². The first kappa shape index (κ1) is 11.4. The summed E-state index contributed by atoms with van der Waals surface area (Å²) < 4.78 is 0. The summed E-state index contributed by atoms with van der Waals surface area (Å²) in [5.41, 5.74) is 0. The number of nitrogens with zero attached hydrogens (tertiary/aromatic N) is 1. The van der Waals surface area contributed by atoms with Gasteiger partial charge in [-0.05, 0) is 25.2 Å². The van der Waals surface area contributed by atoms with E-state index < -0.39 is 0 Å². The van der Waals surface area contributed by atoms with Gasteiger partial charge in [0, 0.05) is 6.04 Å². The van der Waals surface area contributed by atoms with Gasteiger partial charge in [0.25, 0.3) is 0 Å². The van der Waals surface area contributed by atoms with E-state index in [1.54, 1.807) is 0 Å². The molecular formula is C12H20N2O2. The van der Waals surface area contributed by atoms with Gasteiger partial charge in [-0.3, -0.25) is 9.59 Å². The summed E-state index contributed by atoms with van der Waals surface area (Å²) in [5, 5.41) is 2.85. The molecule has 4 nitrogen and oxygen atoms in total. The molecule has 2 unspecified atom stereocenters. The van der Waals surface area contributed by atoms with Crippen LogP contribution in [0.25, 0.3) is 0 Å². The third-order valence-corrected chi connectivity index (χ3v) is 3.45. The zero-order valence-corrected chi connectivity index (χ0v) is 10.2. The summed E-state index contributed by atoms with van der Waals surface area (Å²) in [4.78, 5) is 26.0. The van der Waals surface area contributed by atoms with Crippen molar-refractivity contribution in [3.63, 3.8) is 0 Å². The summed E-state index contributed by atoms with van der Waals surface area (Å²) in [7, 11) is 0. The molecule has 0 radical (unpaired) electrons. The van der Waals surface area contributed by atoms with Gasteiger partial charge in [-0.2, -0.15) is 0 Å². The Labute approximate surface area is 96.4 Å². The third kappa shape index (κ3) is 1.81. The number of piperazine rings is 1. The van der Waals surface area contributed by atoms with Crippen LogP contribution in [0.15, 0.2) is 0 Å². The van der Waals surface area contributed by atoms with E-state index in [2.05, 4.69) is 5.32 Å². The zero-order valence-electron chi connectivity index (χ0n) is 10.2. The van der Waals surface area contributed by atoms with Crippen molar-refractivity contribution < 1.29 is 9.59 Å². The van der Waals surface area contributed by atoms with Gasteiger partial charge < -0.3 is 10.2 Å². The molecule has 4 heteroatoms. The number of carbonyl (C=O) groups is 2. The second-order valence-electron chi connectivity index (χ2n) is 5.13. The summed E-state index contributed by atoms with van der Waals surface area (Å²) in [6.45, 7) is 5.91. The highest BCUT2D eigenvalue weighted by atomic mass is 16.2. The van der Waals surface area contributed by atoms with Crippen LogP contribution in [0.3, 0.4) is 0 Å². The van der Waals surface area contributed by atoms with Crippen molar-refractivity contribution >= 4 is 11.8 Å². The predicted molar refractivity (Wildman–Crippen MR) is 60.7 cm³/mol. The number of nitrogens with one attached hydrogen (secondary N) is 1. The molecule has 2 atom stereocenters. The Bertz CT molecular complexity index is 310. The molecule has 0 aromatic heterocycles. The summed E-state index contributed by atoms with van der Waals surface area (Å²) in [5.74, 6) is 0.298. The topological polar surface area (TPSA) is 49.4 Å². The van der Waals surface area contributed by atoms with Crippen molar-refractivity contribution in [3.05, 3.63) is 0 Å². The lowest BCUT2D eigenvalue weighted by molar-refractivity contribution is -0.151. The second kappa shape index (κ2) is 4.07. The largest absolute Gasteiger partial charge is 0.342 e. The van der Waals surface area contributed by atoms with Crippen LogP contribution in [-0.2, 0) is 9.59 Å². The van der Waals surface area contributed by atoms with Gasteiger partial charge in [0.1, 0.15) is 12.1 Å². The normalized spacial score (nSPS) is 30.9. The van der Waals surface area contributed by atoms with E-state index in [9.17, 15) is 9.59 Å². The molecule has 90 valence electrons. The highest BCUT2D eigenvalue weighted by Gasteiger charge is 2.46. The van der Waals surface area contributed by atoms with E-state index >= 15 is 0 Å². The van der Waals surface area contributed by atoms with Gasteiger partial charge in [0.2, 0.25) is 11.8 Å². The van der Waals surface area contributed by atoms with Crippen LogP contribution in [0.4, 0.5) is 0 Å². The first-order valence-corrected chi connectivity index (χ1v) is 6.18. The number of rotatable bonds is 3. The zero-order chi connectivity index (χ0) is 11.9. The fourth-order valence-corrected chi connectivity index (χ4v) is 2.37. The van der Waals surface area contributed by atoms with E-state index in [-0.39, 0.29) is 29.8 Å². The van der Waals surface area contributed by atoms with Gasteiger partial charge in [0.05, 0.1) is 0 Å². The quantitative estimate of drug-likeness (QED) is 0.774. The van der Waals surface area contributed by atoms with Crippen molar-refractivity contribution in [2.45, 2.75) is 58.2 Å². The first-order valence-electron chi connectivity index (χ1n) is 6.18. The molecule has 1 heterocycles. The highest BCUT2D eigenvalue weighted by molar-refractivity contribution is 5.97. The molecule has 0 aromatic carbocycles. The van der Waals surface area contributed by atoms with Crippen LogP contribution >= 0.6 is 0 Å². The highest BCUT2D eigenvalue weighted by Crippen LogP contribution is 2.32. The van der Waals surface area contributed by atoms with E-state index in [1.807, 2.05) is 25.7 Å².